The molecule has 1 saturated heterocycles. The van der Waals surface area contributed by atoms with Gasteiger partial charge < -0.3 is 5.11 Å². The number of carbonyl (C=O) groups is 1. The molecule has 0 aliphatic carbocycles. The van der Waals surface area contributed by atoms with Crippen LogP contribution < -0.4 is 0 Å². The van der Waals surface area contributed by atoms with E-state index in [1.165, 1.54) is 28.6 Å². The van der Waals surface area contributed by atoms with Crippen LogP contribution in [0.2, 0.25) is 0 Å². The van der Waals surface area contributed by atoms with E-state index in [4.69, 9.17) is 10.4 Å². The SMILES string of the molecule is C[C@@H]1CN(S(=O)(=O)c2cccc(C#N)c2)C[C@H]1C(=O)O. The van der Waals surface area contributed by atoms with Crippen molar-refractivity contribution in [2.45, 2.75) is 11.8 Å². The predicted octanol–water partition coefficient (Wildman–Crippen LogP) is 0.899. The van der Waals surface area contributed by atoms with Gasteiger partial charge in [0.2, 0.25) is 10.0 Å². The highest BCUT2D eigenvalue weighted by Gasteiger charge is 2.40. The largest absolute Gasteiger partial charge is 0.481 e. The Morgan fingerprint density at radius 2 is 2.15 bits per heavy atom. The van der Waals surface area contributed by atoms with Crippen LogP contribution in [0.5, 0.6) is 0 Å². The molecule has 7 heteroatoms. The highest BCUT2D eigenvalue weighted by molar-refractivity contribution is 7.89. The summed E-state index contributed by atoms with van der Waals surface area (Å²) >= 11 is 0. The fraction of sp³-hybridized carbons (Fsp3) is 0.385. The number of nitriles is 1. The van der Waals surface area contributed by atoms with Crippen LogP contribution in [0.25, 0.3) is 0 Å². The Kier molecular flexibility index (Phi) is 3.79. The summed E-state index contributed by atoms with van der Waals surface area (Å²) in [6.07, 6.45) is 0. The van der Waals surface area contributed by atoms with Crippen LogP contribution in [0, 0.1) is 23.2 Å². The lowest BCUT2D eigenvalue weighted by Gasteiger charge is -2.16. The maximum atomic E-state index is 12.4. The Labute approximate surface area is 117 Å². The number of carboxylic acids is 1. The lowest BCUT2D eigenvalue weighted by atomic mass is 9.99. The van der Waals surface area contributed by atoms with Crippen molar-refractivity contribution in [2.24, 2.45) is 11.8 Å². The zero-order valence-electron chi connectivity index (χ0n) is 10.9. The van der Waals surface area contributed by atoms with E-state index in [0.717, 1.165) is 0 Å². The molecule has 1 heterocycles. The Hall–Kier alpha value is -1.91. The quantitative estimate of drug-likeness (QED) is 0.893. The summed E-state index contributed by atoms with van der Waals surface area (Å²) < 4.78 is 26.1. The van der Waals surface area contributed by atoms with E-state index in [1.807, 2.05) is 6.07 Å². The maximum absolute atomic E-state index is 12.4. The minimum absolute atomic E-state index is 0.0230. The molecule has 0 unspecified atom stereocenters. The Morgan fingerprint density at radius 1 is 1.45 bits per heavy atom. The van der Waals surface area contributed by atoms with Gasteiger partial charge in [0.05, 0.1) is 22.4 Å². The number of rotatable bonds is 3. The summed E-state index contributed by atoms with van der Waals surface area (Å²) in [5.41, 5.74) is 0.258. The molecular formula is C13H14N2O4S. The Bertz CT molecular complexity index is 678. The van der Waals surface area contributed by atoms with Gasteiger partial charge in [-0.1, -0.05) is 13.0 Å². The summed E-state index contributed by atoms with van der Waals surface area (Å²) in [4.78, 5) is 11.1. The molecule has 6 nitrogen and oxygen atoms in total. The van der Waals surface area contributed by atoms with E-state index in [1.54, 1.807) is 6.92 Å². The van der Waals surface area contributed by atoms with Crippen LogP contribution in [0.15, 0.2) is 29.2 Å². The molecule has 2 atom stereocenters. The molecule has 0 bridgehead atoms. The molecule has 106 valence electrons. The van der Waals surface area contributed by atoms with Gasteiger partial charge in [0.15, 0.2) is 0 Å². The fourth-order valence-electron chi connectivity index (χ4n) is 2.32. The van der Waals surface area contributed by atoms with E-state index in [9.17, 15) is 13.2 Å². The molecule has 1 N–H and O–H groups in total. The van der Waals surface area contributed by atoms with Crippen LogP contribution >= 0.6 is 0 Å². The summed E-state index contributed by atoms with van der Waals surface area (Å²) in [5.74, 6) is -1.91. The average Bonchev–Trinajstić information content (AvgIpc) is 2.82. The van der Waals surface area contributed by atoms with Gasteiger partial charge in [-0.05, 0) is 24.1 Å². The lowest BCUT2D eigenvalue weighted by Crippen LogP contribution is -2.30. The van der Waals surface area contributed by atoms with Gasteiger partial charge in [-0.2, -0.15) is 9.57 Å². The number of sulfonamides is 1. The van der Waals surface area contributed by atoms with Crippen LogP contribution in [-0.2, 0) is 14.8 Å². The van der Waals surface area contributed by atoms with Crippen molar-refractivity contribution >= 4 is 16.0 Å². The van der Waals surface area contributed by atoms with Crippen molar-refractivity contribution in [1.29, 1.82) is 5.26 Å². The van der Waals surface area contributed by atoms with Crippen LogP contribution in [0.4, 0.5) is 0 Å². The number of benzene rings is 1. The van der Waals surface area contributed by atoms with Crippen molar-refractivity contribution in [1.82, 2.24) is 4.31 Å². The zero-order chi connectivity index (χ0) is 14.9. The maximum Gasteiger partial charge on any atom is 0.308 e. The lowest BCUT2D eigenvalue weighted by molar-refractivity contribution is -0.142. The fourth-order valence-corrected chi connectivity index (χ4v) is 3.93. The molecule has 1 aliphatic rings. The van der Waals surface area contributed by atoms with Gasteiger partial charge in [0.1, 0.15) is 0 Å². The third kappa shape index (κ3) is 2.53. The molecular weight excluding hydrogens is 280 g/mol. The number of hydrogen-bond acceptors (Lipinski definition) is 4. The number of aliphatic carboxylic acids is 1. The molecule has 0 spiro atoms. The smallest absolute Gasteiger partial charge is 0.308 e. The highest BCUT2D eigenvalue weighted by atomic mass is 32.2. The van der Waals surface area contributed by atoms with Crippen LogP contribution in [0.3, 0.4) is 0 Å². The second kappa shape index (κ2) is 5.23. The number of carboxylic acid groups (broad SMARTS) is 1. The summed E-state index contributed by atoms with van der Waals surface area (Å²) in [6.45, 7) is 1.87. The van der Waals surface area contributed by atoms with Crippen molar-refractivity contribution in [3.63, 3.8) is 0 Å². The first-order chi connectivity index (χ1) is 9.36. The van der Waals surface area contributed by atoms with Crippen LogP contribution in [-0.4, -0.2) is 36.9 Å². The van der Waals surface area contributed by atoms with Crippen molar-refractivity contribution in [3.05, 3.63) is 29.8 Å². The molecule has 0 radical (unpaired) electrons. The minimum Gasteiger partial charge on any atom is -0.481 e. The third-order valence-corrected chi connectivity index (χ3v) is 5.32. The minimum atomic E-state index is -3.75. The molecule has 0 amide bonds. The standard InChI is InChI=1S/C13H14N2O4S/c1-9-7-15(8-12(9)13(16)17)20(18,19)11-4-2-3-10(5-11)6-14/h2-5,9,12H,7-8H2,1H3,(H,16,17)/t9-,12-/m1/s1. The van der Waals surface area contributed by atoms with E-state index >= 15 is 0 Å². The molecule has 20 heavy (non-hydrogen) atoms. The van der Waals surface area contributed by atoms with Crippen LogP contribution in [0.1, 0.15) is 12.5 Å². The van der Waals surface area contributed by atoms with Gasteiger partial charge >= 0.3 is 5.97 Å². The topological polar surface area (TPSA) is 98.5 Å². The van der Waals surface area contributed by atoms with E-state index < -0.39 is 21.9 Å². The van der Waals surface area contributed by atoms with E-state index in [0.29, 0.717) is 0 Å². The van der Waals surface area contributed by atoms with Crippen molar-refractivity contribution < 1.29 is 18.3 Å². The second-order valence-electron chi connectivity index (χ2n) is 4.88. The monoisotopic (exact) mass is 294 g/mol. The van der Waals surface area contributed by atoms with Gasteiger partial charge in [0.25, 0.3) is 0 Å². The van der Waals surface area contributed by atoms with Crippen molar-refractivity contribution in [3.8, 4) is 6.07 Å². The highest BCUT2D eigenvalue weighted by Crippen LogP contribution is 2.28. The molecule has 1 aliphatic heterocycles. The van der Waals surface area contributed by atoms with Gasteiger partial charge in [-0.3, -0.25) is 4.79 Å². The van der Waals surface area contributed by atoms with Crippen molar-refractivity contribution in [2.75, 3.05) is 13.1 Å². The second-order valence-corrected chi connectivity index (χ2v) is 6.82. The molecule has 0 aromatic heterocycles. The van der Waals surface area contributed by atoms with Gasteiger partial charge in [0, 0.05) is 13.1 Å². The zero-order valence-corrected chi connectivity index (χ0v) is 11.7. The molecule has 1 fully saturated rings. The molecule has 1 aromatic carbocycles. The summed E-state index contributed by atoms with van der Waals surface area (Å²) in [6, 6.07) is 7.62. The normalized spacial score (nSPS) is 23.4. The Balaban J connectivity index is 2.32. The van der Waals surface area contributed by atoms with E-state index in [-0.39, 0.29) is 29.5 Å². The first kappa shape index (κ1) is 14.5. The molecule has 1 aromatic rings. The summed E-state index contributed by atoms with van der Waals surface area (Å²) in [7, 11) is -3.75. The molecule has 2 rings (SSSR count). The Morgan fingerprint density at radius 3 is 2.70 bits per heavy atom. The van der Waals surface area contributed by atoms with Gasteiger partial charge in [-0.15, -0.1) is 0 Å². The molecule has 0 saturated carbocycles. The van der Waals surface area contributed by atoms with Gasteiger partial charge in [-0.25, -0.2) is 8.42 Å². The first-order valence-corrected chi connectivity index (χ1v) is 7.53. The number of hydrogen-bond donors (Lipinski definition) is 1. The third-order valence-electron chi connectivity index (χ3n) is 3.50. The number of nitrogens with zero attached hydrogens (tertiary/aromatic N) is 2. The predicted molar refractivity (Wildman–Crippen MR) is 70.2 cm³/mol. The average molecular weight is 294 g/mol. The summed E-state index contributed by atoms with van der Waals surface area (Å²) in [5, 5.41) is 17.9. The van der Waals surface area contributed by atoms with E-state index in [2.05, 4.69) is 0 Å². The first-order valence-electron chi connectivity index (χ1n) is 6.09.